The summed E-state index contributed by atoms with van der Waals surface area (Å²) < 4.78 is 0. The Labute approximate surface area is 128 Å². The van der Waals surface area contributed by atoms with Crippen LogP contribution in [-0.4, -0.2) is 35.7 Å². The Balaban J connectivity index is 2.34. The lowest BCUT2D eigenvalue weighted by Gasteiger charge is -2.07. The first-order valence-corrected chi connectivity index (χ1v) is 8.06. The van der Waals surface area contributed by atoms with Gasteiger partial charge in [-0.25, -0.2) is 9.59 Å². The molecule has 1 aromatic rings. The third-order valence-corrected chi connectivity index (χ3v) is 3.34. The summed E-state index contributed by atoms with van der Waals surface area (Å²) in [5.74, 6) is 0.118. The highest BCUT2D eigenvalue weighted by atomic mass is 32.2. The minimum atomic E-state index is -0.988. The number of benzene rings is 1. The van der Waals surface area contributed by atoms with Gasteiger partial charge in [-0.3, -0.25) is 0 Å². The topological polar surface area (TPSA) is 78.4 Å². The van der Waals surface area contributed by atoms with E-state index in [9.17, 15) is 9.59 Å². The number of carboxylic acids is 1. The van der Waals surface area contributed by atoms with Crippen molar-refractivity contribution in [1.29, 1.82) is 0 Å². The number of thioether (sulfide) groups is 1. The van der Waals surface area contributed by atoms with Crippen LogP contribution < -0.4 is 10.6 Å². The molecule has 0 fully saturated rings. The van der Waals surface area contributed by atoms with Gasteiger partial charge in [0, 0.05) is 18.3 Å². The quantitative estimate of drug-likeness (QED) is 0.509. The van der Waals surface area contributed by atoms with Crippen LogP contribution in [0.1, 0.15) is 18.4 Å². The monoisotopic (exact) mass is 308 g/mol. The van der Waals surface area contributed by atoms with Crippen molar-refractivity contribution in [2.75, 3.05) is 23.9 Å². The standard InChI is InChI=1S/C15H20N2O3S/c1-21-11-3-2-10-16-15(20)17-13-7-4-12(5-8-13)6-9-14(18)19/h4-9H,2-3,10-11H2,1H3,(H,18,19)(H2,16,17,20)/b9-6+. The highest BCUT2D eigenvalue weighted by Crippen LogP contribution is 2.10. The summed E-state index contributed by atoms with van der Waals surface area (Å²) in [4.78, 5) is 22.0. The van der Waals surface area contributed by atoms with Gasteiger partial charge in [0.25, 0.3) is 0 Å². The zero-order valence-electron chi connectivity index (χ0n) is 12.0. The van der Waals surface area contributed by atoms with E-state index in [-0.39, 0.29) is 6.03 Å². The number of carbonyl (C=O) groups excluding carboxylic acids is 1. The predicted molar refractivity (Wildman–Crippen MR) is 87.7 cm³/mol. The molecule has 0 unspecified atom stereocenters. The van der Waals surface area contributed by atoms with Crippen molar-refractivity contribution in [1.82, 2.24) is 5.32 Å². The number of carboxylic acid groups (broad SMARTS) is 1. The number of amides is 2. The molecule has 0 heterocycles. The van der Waals surface area contributed by atoms with E-state index in [1.807, 2.05) is 0 Å². The molecule has 3 N–H and O–H groups in total. The smallest absolute Gasteiger partial charge is 0.328 e. The van der Waals surface area contributed by atoms with Crippen LogP contribution in [0.15, 0.2) is 30.3 Å². The maximum absolute atomic E-state index is 11.6. The molecule has 1 aromatic carbocycles. The first-order valence-electron chi connectivity index (χ1n) is 6.66. The van der Waals surface area contributed by atoms with Crippen LogP contribution in [-0.2, 0) is 4.79 Å². The van der Waals surface area contributed by atoms with E-state index in [1.54, 1.807) is 36.0 Å². The third kappa shape index (κ3) is 8.04. The molecule has 1 rings (SSSR count). The van der Waals surface area contributed by atoms with Gasteiger partial charge in [-0.05, 0) is 48.6 Å². The number of nitrogens with one attached hydrogen (secondary N) is 2. The maximum Gasteiger partial charge on any atom is 0.328 e. The molecule has 0 saturated carbocycles. The molecule has 21 heavy (non-hydrogen) atoms. The molecule has 0 aliphatic heterocycles. The van der Waals surface area contributed by atoms with Crippen LogP contribution in [0.4, 0.5) is 10.5 Å². The molecule has 0 bridgehead atoms. The van der Waals surface area contributed by atoms with Crippen molar-refractivity contribution in [3.8, 4) is 0 Å². The van der Waals surface area contributed by atoms with Gasteiger partial charge in [0.1, 0.15) is 0 Å². The Morgan fingerprint density at radius 2 is 1.95 bits per heavy atom. The Morgan fingerprint density at radius 3 is 2.57 bits per heavy atom. The average Bonchev–Trinajstić information content (AvgIpc) is 2.46. The summed E-state index contributed by atoms with van der Waals surface area (Å²) in [5, 5.41) is 14.1. The van der Waals surface area contributed by atoms with Crippen molar-refractivity contribution in [2.45, 2.75) is 12.8 Å². The fourth-order valence-electron chi connectivity index (χ4n) is 1.59. The van der Waals surface area contributed by atoms with E-state index in [0.717, 1.165) is 30.2 Å². The minimum Gasteiger partial charge on any atom is -0.478 e. The molecule has 114 valence electrons. The van der Waals surface area contributed by atoms with Crippen molar-refractivity contribution < 1.29 is 14.7 Å². The molecule has 6 heteroatoms. The molecule has 0 aliphatic rings. The SMILES string of the molecule is CSCCCCNC(=O)Nc1ccc(/C=C/C(=O)O)cc1. The minimum absolute atomic E-state index is 0.229. The molecule has 0 spiro atoms. The van der Waals surface area contributed by atoms with E-state index in [0.29, 0.717) is 12.2 Å². The summed E-state index contributed by atoms with van der Waals surface area (Å²) in [5.41, 5.74) is 1.43. The van der Waals surface area contributed by atoms with E-state index in [1.165, 1.54) is 6.08 Å². The summed E-state index contributed by atoms with van der Waals surface area (Å²) in [6, 6.07) is 6.72. The van der Waals surface area contributed by atoms with Crippen LogP contribution in [0.25, 0.3) is 6.08 Å². The van der Waals surface area contributed by atoms with Crippen LogP contribution in [0.5, 0.6) is 0 Å². The highest BCUT2D eigenvalue weighted by molar-refractivity contribution is 7.98. The molecule has 5 nitrogen and oxygen atoms in total. The molecule has 0 aromatic heterocycles. The molecule has 2 amide bonds. The maximum atomic E-state index is 11.6. The molecular formula is C15H20N2O3S. The van der Waals surface area contributed by atoms with Gasteiger partial charge in [-0.15, -0.1) is 0 Å². The number of unbranched alkanes of at least 4 members (excludes halogenated alkanes) is 1. The van der Waals surface area contributed by atoms with Crippen LogP contribution in [0.2, 0.25) is 0 Å². The van der Waals surface area contributed by atoms with Crippen LogP contribution in [0.3, 0.4) is 0 Å². The zero-order chi connectivity index (χ0) is 15.5. The van der Waals surface area contributed by atoms with Gasteiger partial charge >= 0.3 is 12.0 Å². The van der Waals surface area contributed by atoms with Crippen molar-refractivity contribution in [3.63, 3.8) is 0 Å². The predicted octanol–water partition coefficient (Wildman–Crippen LogP) is 3.05. The zero-order valence-corrected chi connectivity index (χ0v) is 12.8. The molecule has 0 saturated heterocycles. The number of aliphatic carboxylic acids is 1. The Hall–Kier alpha value is -1.95. The number of urea groups is 1. The van der Waals surface area contributed by atoms with Crippen molar-refractivity contribution >= 4 is 35.5 Å². The lowest BCUT2D eigenvalue weighted by atomic mass is 10.2. The Bertz CT molecular complexity index is 486. The lowest BCUT2D eigenvalue weighted by molar-refractivity contribution is -0.131. The second-order valence-corrected chi connectivity index (χ2v) is 5.36. The van der Waals surface area contributed by atoms with E-state index in [4.69, 9.17) is 5.11 Å². The normalized spacial score (nSPS) is 10.5. The average molecular weight is 308 g/mol. The molecular weight excluding hydrogens is 288 g/mol. The third-order valence-electron chi connectivity index (χ3n) is 2.65. The number of hydrogen-bond acceptors (Lipinski definition) is 3. The van der Waals surface area contributed by atoms with Gasteiger partial charge in [-0.1, -0.05) is 12.1 Å². The van der Waals surface area contributed by atoms with Gasteiger partial charge < -0.3 is 15.7 Å². The van der Waals surface area contributed by atoms with Gasteiger partial charge in [0.2, 0.25) is 0 Å². The van der Waals surface area contributed by atoms with Crippen LogP contribution in [0, 0.1) is 0 Å². The summed E-state index contributed by atoms with van der Waals surface area (Å²) in [7, 11) is 0. The van der Waals surface area contributed by atoms with Gasteiger partial charge in [-0.2, -0.15) is 11.8 Å². The Kier molecular flexibility index (Phi) is 8.04. The van der Waals surface area contributed by atoms with Gasteiger partial charge in [0.05, 0.1) is 0 Å². The first-order chi connectivity index (χ1) is 10.1. The van der Waals surface area contributed by atoms with E-state index < -0.39 is 5.97 Å². The molecule has 0 radical (unpaired) electrons. The second kappa shape index (κ2) is 9.88. The Morgan fingerprint density at radius 1 is 1.24 bits per heavy atom. The number of anilines is 1. The molecule has 0 aliphatic carbocycles. The van der Waals surface area contributed by atoms with Crippen LogP contribution >= 0.6 is 11.8 Å². The van der Waals surface area contributed by atoms with Gasteiger partial charge in [0.15, 0.2) is 0 Å². The summed E-state index contributed by atoms with van der Waals surface area (Å²) in [6.45, 7) is 0.659. The fourth-order valence-corrected chi connectivity index (χ4v) is 2.09. The summed E-state index contributed by atoms with van der Waals surface area (Å²) >= 11 is 1.80. The summed E-state index contributed by atoms with van der Waals surface area (Å²) in [6.07, 6.45) is 6.69. The largest absolute Gasteiger partial charge is 0.478 e. The number of carbonyl (C=O) groups is 2. The first kappa shape index (κ1) is 17.1. The van der Waals surface area contributed by atoms with Crippen molar-refractivity contribution in [3.05, 3.63) is 35.9 Å². The number of hydrogen-bond donors (Lipinski definition) is 3. The lowest BCUT2D eigenvalue weighted by Crippen LogP contribution is -2.29. The molecule has 0 atom stereocenters. The number of rotatable bonds is 8. The highest BCUT2D eigenvalue weighted by Gasteiger charge is 2.00. The fraction of sp³-hybridized carbons (Fsp3) is 0.333. The van der Waals surface area contributed by atoms with Crippen molar-refractivity contribution in [2.24, 2.45) is 0 Å². The van der Waals surface area contributed by atoms with E-state index >= 15 is 0 Å². The van der Waals surface area contributed by atoms with E-state index in [2.05, 4.69) is 16.9 Å². The second-order valence-electron chi connectivity index (χ2n) is 4.37.